The number of hydrogen-bond donors (Lipinski definition) is 2. The summed E-state index contributed by atoms with van der Waals surface area (Å²) in [4.78, 5) is 11.4. The van der Waals surface area contributed by atoms with Crippen molar-refractivity contribution in [3.8, 4) is 0 Å². The maximum Gasteiger partial charge on any atom is 0.191 e. The van der Waals surface area contributed by atoms with E-state index in [9.17, 15) is 0 Å². The number of hydrogen-bond acceptors (Lipinski definition) is 4. The number of pyridine rings is 1. The molecule has 0 bridgehead atoms. The summed E-state index contributed by atoms with van der Waals surface area (Å²) in [5.41, 5.74) is 3.37. The van der Waals surface area contributed by atoms with Crippen molar-refractivity contribution in [2.75, 3.05) is 24.5 Å². The molecule has 0 radical (unpaired) electrons. The number of nitrogens with one attached hydrogen (secondary N) is 2. The Labute approximate surface area is 189 Å². The molecule has 1 saturated heterocycles. The van der Waals surface area contributed by atoms with Gasteiger partial charge < -0.3 is 15.5 Å². The van der Waals surface area contributed by atoms with Crippen molar-refractivity contribution in [2.45, 2.75) is 39.8 Å². The van der Waals surface area contributed by atoms with Gasteiger partial charge in [0.1, 0.15) is 5.82 Å². The van der Waals surface area contributed by atoms with E-state index in [0.29, 0.717) is 17.6 Å². The smallest absolute Gasteiger partial charge is 0.191 e. The lowest BCUT2D eigenvalue weighted by Crippen LogP contribution is -2.44. The molecule has 2 N–H and O–H groups in total. The normalized spacial score (nSPS) is 16.8. The second-order valence-electron chi connectivity index (χ2n) is 6.85. The summed E-state index contributed by atoms with van der Waals surface area (Å²) in [5.74, 6) is 1.69. The van der Waals surface area contributed by atoms with Gasteiger partial charge in [0.2, 0.25) is 0 Å². The van der Waals surface area contributed by atoms with Crippen LogP contribution in [0.2, 0.25) is 5.02 Å². The Balaban J connectivity index is 0.00000280. The zero-order valence-electron chi connectivity index (χ0n) is 16.9. The van der Waals surface area contributed by atoms with E-state index in [-0.39, 0.29) is 24.0 Å². The monoisotopic (exact) mass is 517 g/mol. The lowest BCUT2D eigenvalue weighted by molar-refractivity contribution is 0.648. The van der Waals surface area contributed by atoms with Gasteiger partial charge in [0.15, 0.2) is 5.96 Å². The molecule has 0 amide bonds. The van der Waals surface area contributed by atoms with Crippen molar-refractivity contribution < 1.29 is 0 Å². The quantitative estimate of drug-likeness (QED) is 0.362. The second kappa shape index (κ2) is 10.3. The third-order valence-electron chi connectivity index (χ3n) is 4.97. The van der Waals surface area contributed by atoms with Crippen molar-refractivity contribution in [1.82, 2.24) is 25.4 Å². The van der Waals surface area contributed by atoms with Crippen LogP contribution in [0.4, 0.5) is 5.82 Å². The van der Waals surface area contributed by atoms with Gasteiger partial charge in [0.25, 0.3) is 0 Å². The largest absolute Gasteiger partial charge is 0.357 e. The lowest BCUT2D eigenvalue weighted by atomic mass is 10.2. The van der Waals surface area contributed by atoms with Crippen LogP contribution in [0.5, 0.6) is 0 Å². The average Bonchev–Trinajstić information content (AvgIpc) is 3.19. The van der Waals surface area contributed by atoms with E-state index in [0.717, 1.165) is 49.2 Å². The molecule has 0 saturated carbocycles. The number of rotatable bonds is 5. The SMILES string of the molecule is CCNC(=NCc1c(C)nn(C)c1C)NC1CCN(c2ncccc2Cl)C1.I. The molecule has 0 aliphatic carbocycles. The molecular formula is C19H29ClIN7. The van der Waals surface area contributed by atoms with Crippen LogP contribution in [-0.4, -0.2) is 46.4 Å². The number of anilines is 1. The van der Waals surface area contributed by atoms with E-state index in [1.165, 1.54) is 5.56 Å². The van der Waals surface area contributed by atoms with Gasteiger partial charge in [-0.15, -0.1) is 24.0 Å². The van der Waals surface area contributed by atoms with Crippen molar-refractivity contribution in [3.63, 3.8) is 0 Å². The first kappa shape index (κ1) is 22.7. The molecule has 1 fully saturated rings. The molecule has 9 heteroatoms. The minimum atomic E-state index is 0. The van der Waals surface area contributed by atoms with E-state index in [1.807, 2.05) is 30.8 Å². The van der Waals surface area contributed by atoms with E-state index in [1.54, 1.807) is 6.20 Å². The van der Waals surface area contributed by atoms with Crippen LogP contribution in [-0.2, 0) is 13.6 Å². The number of aliphatic imine (C=N–C) groups is 1. The maximum absolute atomic E-state index is 6.29. The number of nitrogens with zero attached hydrogens (tertiary/aromatic N) is 5. The van der Waals surface area contributed by atoms with Crippen LogP contribution < -0.4 is 15.5 Å². The van der Waals surface area contributed by atoms with E-state index in [2.05, 4.69) is 39.5 Å². The topological polar surface area (TPSA) is 70.4 Å². The summed E-state index contributed by atoms with van der Waals surface area (Å²) in [6.07, 6.45) is 2.80. The fraction of sp³-hybridized carbons (Fsp3) is 0.526. The standard InChI is InChI=1S/C19H28ClN7.HI/c1-5-21-19(23-11-16-13(2)25-26(4)14(16)3)24-15-8-10-27(12-15)18-17(20)7-6-9-22-18;/h6-7,9,15H,5,8,10-12H2,1-4H3,(H2,21,23,24);1H. The minimum Gasteiger partial charge on any atom is -0.357 e. The molecule has 1 aliphatic rings. The van der Waals surface area contributed by atoms with Gasteiger partial charge in [0.05, 0.1) is 17.3 Å². The van der Waals surface area contributed by atoms with E-state index in [4.69, 9.17) is 16.6 Å². The Bertz CT molecular complexity index is 821. The fourth-order valence-corrected chi connectivity index (χ4v) is 3.64. The lowest BCUT2D eigenvalue weighted by Gasteiger charge is -2.20. The minimum absolute atomic E-state index is 0. The highest BCUT2D eigenvalue weighted by molar-refractivity contribution is 14.0. The Hall–Kier alpha value is -1.55. The summed E-state index contributed by atoms with van der Waals surface area (Å²) in [5, 5.41) is 12.1. The summed E-state index contributed by atoms with van der Waals surface area (Å²) >= 11 is 6.29. The van der Waals surface area contributed by atoms with Crippen molar-refractivity contribution in [1.29, 1.82) is 0 Å². The van der Waals surface area contributed by atoms with E-state index < -0.39 is 0 Å². The van der Waals surface area contributed by atoms with Gasteiger partial charge in [-0.3, -0.25) is 4.68 Å². The highest BCUT2D eigenvalue weighted by Crippen LogP contribution is 2.25. The van der Waals surface area contributed by atoms with Crippen molar-refractivity contribution >= 4 is 47.4 Å². The Morgan fingerprint density at radius 3 is 2.82 bits per heavy atom. The number of aryl methyl sites for hydroxylation is 2. The zero-order valence-corrected chi connectivity index (χ0v) is 20.0. The van der Waals surface area contributed by atoms with Crippen LogP contribution >= 0.6 is 35.6 Å². The molecule has 2 aromatic heterocycles. The summed E-state index contributed by atoms with van der Waals surface area (Å²) in [6.45, 7) is 9.40. The molecule has 1 unspecified atom stereocenters. The van der Waals surface area contributed by atoms with Gasteiger partial charge in [-0.05, 0) is 39.3 Å². The van der Waals surface area contributed by atoms with E-state index >= 15 is 0 Å². The van der Waals surface area contributed by atoms with Crippen molar-refractivity contribution in [2.24, 2.45) is 12.0 Å². The average molecular weight is 518 g/mol. The fourth-order valence-electron chi connectivity index (χ4n) is 3.40. The molecule has 0 aromatic carbocycles. The molecule has 1 aliphatic heterocycles. The van der Waals surface area contributed by atoms with Gasteiger partial charge in [-0.25, -0.2) is 9.98 Å². The van der Waals surface area contributed by atoms with Crippen molar-refractivity contribution in [3.05, 3.63) is 40.3 Å². The first-order chi connectivity index (χ1) is 13.0. The summed E-state index contributed by atoms with van der Waals surface area (Å²) in [7, 11) is 1.97. The molecule has 2 aromatic rings. The van der Waals surface area contributed by atoms with Gasteiger partial charge in [-0.1, -0.05) is 11.6 Å². The molecular weight excluding hydrogens is 489 g/mol. The van der Waals surface area contributed by atoms with Gasteiger partial charge in [0, 0.05) is 50.2 Å². The zero-order chi connectivity index (χ0) is 19.4. The summed E-state index contributed by atoms with van der Waals surface area (Å²) in [6, 6.07) is 4.04. The number of guanidine groups is 1. The Kier molecular flexibility index (Phi) is 8.36. The summed E-state index contributed by atoms with van der Waals surface area (Å²) < 4.78 is 1.91. The van der Waals surface area contributed by atoms with Crippen LogP contribution in [0.3, 0.4) is 0 Å². The Morgan fingerprint density at radius 2 is 2.18 bits per heavy atom. The highest BCUT2D eigenvalue weighted by atomic mass is 127. The van der Waals surface area contributed by atoms with Crippen LogP contribution in [0.15, 0.2) is 23.3 Å². The molecule has 7 nitrogen and oxygen atoms in total. The van der Waals surface area contributed by atoms with Crippen LogP contribution in [0, 0.1) is 13.8 Å². The number of halogens is 2. The Morgan fingerprint density at radius 1 is 1.39 bits per heavy atom. The molecule has 3 rings (SSSR count). The molecule has 0 spiro atoms. The molecule has 154 valence electrons. The predicted octanol–water partition coefficient (Wildman–Crippen LogP) is 3.04. The van der Waals surface area contributed by atoms with Gasteiger partial charge in [-0.2, -0.15) is 5.10 Å². The first-order valence-electron chi connectivity index (χ1n) is 9.39. The third-order valence-corrected chi connectivity index (χ3v) is 5.26. The maximum atomic E-state index is 6.29. The molecule has 3 heterocycles. The second-order valence-corrected chi connectivity index (χ2v) is 7.26. The van der Waals surface area contributed by atoms with Crippen LogP contribution in [0.1, 0.15) is 30.3 Å². The highest BCUT2D eigenvalue weighted by Gasteiger charge is 2.25. The first-order valence-corrected chi connectivity index (χ1v) is 9.76. The molecule has 28 heavy (non-hydrogen) atoms. The number of aromatic nitrogens is 3. The molecule has 1 atom stereocenters. The third kappa shape index (κ3) is 5.28. The predicted molar refractivity (Wildman–Crippen MR) is 126 cm³/mol. The van der Waals surface area contributed by atoms with Crippen LogP contribution in [0.25, 0.3) is 0 Å². The van der Waals surface area contributed by atoms with Gasteiger partial charge >= 0.3 is 0 Å².